The molecule has 6 heteroatoms. The van der Waals surface area contributed by atoms with Gasteiger partial charge in [-0.2, -0.15) is 0 Å². The third-order valence-electron chi connectivity index (χ3n) is 5.56. The molecule has 1 aliphatic heterocycles. The van der Waals surface area contributed by atoms with Gasteiger partial charge < -0.3 is 10.6 Å². The van der Waals surface area contributed by atoms with Crippen molar-refractivity contribution in [2.75, 3.05) is 12.3 Å². The summed E-state index contributed by atoms with van der Waals surface area (Å²) in [5.74, 6) is 0.105. The van der Waals surface area contributed by atoms with E-state index in [0.29, 0.717) is 5.11 Å². The molecule has 0 aliphatic carbocycles. The zero-order chi connectivity index (χ0) is 21.2. The van der Waals surface area contributed by atoms with Crippen molar-refractivity contribution in [3.05, 3.63) is 11.5 Å². The van der Waals surface area contributed by atoms with E-state index in [1.807, 2.05) is 0 Å². The van der Waals surface area contributed by atoms with Gasteiger partial charge in [-0.1, -0.05) is 103 Å². The van der Waals surface area contributed by atoms with Gasteiger partial charge in [-0.15, -0.1) is 0 Å². The molecule has 170 valence electrons. The number of hydrogen-bond donors (Lipinski definition) is 2. The van der Waals surface area contributed by atoms with Gasteiger partial charge in [-0.05, 0) is 24.7 Å². The summed E-state index contributed by atoms with van der Waals surface area (Å²) >= 11 is 5.22. The molecule has 2 N–H and O–H groups in total. The summed E-state index contributed by atoms with van der Waals surface area (Å²) in [5, 5.41) is 8.04. The van der Waals surface area contributed by atoms with E-state index in [2.05, 4.69) is 17.6 Å². The molecular weight excluding hydrogens is 400 g/mol. The Kier molecular flexibility index (Phi) is 15.6. The highest BCUT2D eigenvalue weighted by molar-refractivity contribution is 7.94. The van der Waals surface area contributed by atoms with E-state index in [4.69, 9.17) is 12.2 Å². The zero-order valence-electron chi connectivity index (χ0n) is 18.6. The Morgan fingerprint density at radius 3 is 1.69 bits per heavy atom. The molecule has 1 atom stereocenters. The summed E-state index contributed by atoms with van der Waals surface area (Å²) in [6, 6.07) is -0.189. The lowest BCUT2D eigenvalue weighted by Gasteiger charge is -2.14. The average molecular weight is 445 g/mol. The quantitative estimate of drug-likeness (QED) is 0.200. The lowest BCUT2D eigenvalue weighted by molar-refractivity contribution is 0.529. The number of rotatable bonds is 18. The maximum atomic E-state index is 11.4. The second-order valence-corrected chi connectivity index (χ2v) is 10.8. The standard InChI is InChI=1S/C23H44N2O2S2/c1-2-3-4-5-6-7-8-9-10-11-12-13-14-15-16-17-19-24-23(28)25-22-18-20-29(26,27)21-22/h18,20,22H,2-17,19,21H2,1H3,(H2,24,25,28). The van der Waals surface area contributed by atoms with Crippen molar-refractivity contribution in [1.29, 1.82) is 0 Å². The first-order valence-electron chi connectivity index (χ1n) is 12.0. The number of thiocarbonyl (C=S) groups is 1. The largest absolute Gasteiger partial charge is 0.363 e. The first-order valence-corrected chi connectivity index (χ1v) is 14.1. The van der Waals surface area contributed by atoms with Gasteiger partial charge >= 0.3 is 0 Å². The SMILES string of the molecule is CCCCCCCCCCCCCCCCCCNC(=S)NC1C=CS(=O)(=O)C1. The Bertz CT molecular complexity index is 547. The van der Waals surface area contributed by atoms with Crippen molar-refractivity contribution >= 4 is 27.2 Å². The number of nitrogens with one attached hydrogen (secondary N) is 2. The molecule has 1 rings (SSSR count). The molecule has 0 aromatic rings. The van der Waals surface area contributed by atoms with Crippen LogP contribution in [0.4, 0.5) is 0 Å². The molecule has 29 heavy (non-hydrogen) atoms. The Morgan fingerprint density at radius 2 is 1.28 bits per heavy atom. The van der Waals surface area contributed by atoms with Crippen LogP contribution in [0.3, 0.4) is 0 Å². The van der Waals surface area contributed by atoms with Crippen LogP contribution in [0.25, 0.3) is 0 Å². The maximum Gasteiger partial charge on any atom is 0.173 e. The Morgan fingerprint density at radius 1 is 0.828 bits per heavy atom. The van der Waals surface area contributed by atoms with Crippen molar-refractivity contribution in [3.63, 3.8) is 0 Å². The van der Waals surface area contributed by atoms with Gasteiger partial charge in [0.05, 0.1) is 11.8 Å². The van der Waals surface area contributed by atoms with Gasteiger partial charge in [0.25, 0.3) is 0 Å². The van der Waals surface area contributed by atoms with Crippen LogP contribution in [0.5, 0.6) is 0 Å². The molecule has 4 nitrogen and oxygen atoms in total. The number of hydrogen-bond acceptors (Lipinski definition) is 3. The van der Waals surface area contributed by atoms with Crippen molar-refractivity contribution in [2.45, 2.75) is 116 Å². The molecule has 1 heterocycles. The smallest absolute Gasteiger partial charge is 0.173 e. The second-order valence-electron chi connectivity index (χ2n) is 8.47. The molecule has 0 spiro atoms. The zero-order valence-corrected chi connectivity index (χ0v) is 20.2. The summed E-state index contributed by atoms with van der Waals surface area (Å²) in [7, 11) is -3.02. The van der Waals surface area contributed by atoms with Crippen LogP contribution in [0.15, 0.2) is 11.5 Å². The van der Waals surface area contributed by atoms with Crippen LogP contribution < -0.4 is 10.6 Å². The van der Waals surface area contributed by atoms with Crippen LogP contribution >= 0.6 is 12.2 Å². The molecule has 1 aliphatic rings. The van der Waals surface area contributed by atoms with Gasteiger partial charge in [0, 0.05) is 12.0 Å². The van der Waals surface area contributed by atoms with E-state index >= 15 is 0 Å². The molecular formula is C23H44N2O2S2. The van der Waals surface area contributed by atoms with Crippen LogP contribution in [-0.4, -0.2) is 31.9 Å². The van der Waals surface area contributed by atoms with Gasteiger partial charge in [-0.3, -0.25) is 0 Å². The Hall–Kier alpha value is -0.620. The highest BCUT2D eigenvalue weighted by Crippen LogP contribution is 2.13. The predicted octanol–water partition coefficient (Wildman–Crippen LogP) is 6.02. The van der Waals surface area contributed by atoms with Crippen molar-refractivity contribution in [1.82, 2.24) is 10.6 Å². The average Bonchev–Trinajstić information content (AvgIpc) is 3.02. The van der Waals surface area contributed by atoms with Crippen LogP contribution in [0.2, 0.25) is 0 Å². The van der Waals surface area contributed by atoms with Crippen LogP contribution in [0.1, 0.15) is 110 Å². The number of sulfone groups is 1. The summed E-state index contributed by atoms with van der Waals surface area (Å²) < 4.78 is 22.7. The summed E-state index contributed by atoms with van der Waals surface area (Å²) in [4.78, 5) is 0. The molecule has 0 aromatic carbocycles. The lowest BCUT2D eigenvalue weighted by atomic mass is 10.0. The molecule has 0 amide bonds. The molecule has 0 bridgehead atoms. The molecule has 0 saturated carbocycles. The minimum absolute atomic E-state index is 0.105. The summed E-state index contributed by atoms with van der Waals surface area (Å²) in [6.07, 6.45) is 23.6. The van der Waals surface area contributed by atoms with Gasteiger partial charge in [0.1, 0.15) is 0 Å². The molecule has 0 radical (unpaired) electrons. The highest BCUT2D eigenvalue weighted by Gasteiger charge is 2.21. The van der Waals surface area contributed by atoms with E-state index in [-0.39, 0.29) is 11.8 Å². The fraction of sp³-hybridized carbons (Fsp3) is 0.870. The first kappa shape index (κ1) is 26.4. The van der Waals surface area contributed by atoms with Crippen molar-refractivity contribution in [2.24, 2.45) is 0 Å². The normalized spacial score (nSPS) is 17.5. The Labute approximate surface area is 185 Å². The highest BCUT2D eigenvalue weighted by atomic mass is 32.2. The van der Waals surface area contributed by atoms with Gasteiger partial charge in [0.2, 0.25) is 0 Å². The van der Waals surface area contributed by atoms with E-state index in [9.17, 15) is 8.42 Å². The maximum absolute atomic E-state index is 11.4. The van der Waals surface area contributed by atoms with E-state index in [1.54, 1.807) is 6.08 Å². The third kappa shape index (κ3) is 15.8. The van der Waals surface area contributed by atoms with E-state index in [0.717, 1.165) is 13.0 Å². The molecule has 0 fully saturated rings. The van der Waals surface area contributed by atoms with Crippen molar-refractivity contribution < 1.29 is 8.42 Å². The predicted molar refractivity (Wildman–Crippen MR) is 130 cm³/mol. The summed E-state index contributed by atoms with van der Waals surface area (Å²) in [6.45, 7) is 3.13. The lowest BCUT2D eigenvalue weighted by Crippen LogP contribution is -2.42. The fourth-order valence-corrected chi connectivity index (χ4v) is 5.25. The minimum Gasteiger partial charge on any atom is -0.363 e. The Balaban J connectivity index is 1.76. The summed E-state index contributed by atoms with van der Waals surface area (Å²) in [5.41, 5.74) is 0. The minimum atomic E-state index is -3.02. The van der Waals surface area contributed by atoms with Crippen molar-refractivity contribution in [3.8, 4) is 0 Å². The van der Waals surface area contributed by atoms with E-state index in [1.165, 1.54) is 102 Å². The van der Waals surface area contributed by atoms with Gasteiger partial charge in [-0.25, -0.2) is 8.42 Å². The molecule has 0 saturated heterocycles. The first-order chi connectivity index (χ1) is 14.0. The van der Waals surface area contributed by atoms with Gasteiger partial charge in [0.15, 0.2) is 14.9 Å². The van der Waals surface area contributed by atoms with E-state index < -0.39 is 9.84 Å². The number of unbranched alkanes of at least 4 members (excludes halogenated alkanes) is 15. The fourth-order valence-electron chi connectivity index (χ4n) is 3.76. The van der Waals surface area contributed by atoms with Crippen LogP contribution in [0, 0.1) is 0 Å². The second kappa shape index (κ2) is 17.1. The topological polar surface area (TPSA) is 58.2 Å². The third-order valence-corrected chi connectivity index (χ3v) is 7.22. The molecule has 1 unspecified atom stereocenters. The molecule has 0 aromatic heterocycles. The van der Waals surface area contributed by atoms with Crippen LogP contribution in [-0.2, 0) is 9.84 Å². The monoisotopic (exact) mass is 444 g/mol.